The fourth-order valence-corrected chi connectivity index (χ4v) is 3.62. The molecule has 1 aliphatic heterocycles. The third kappa shape index (κ3) is 4.07. The molecule has 1 amide bonds. The average Bonchev–Trinajstić information content (AvgIpc) is 2.83. The van der Waals surface area contributed by atoms with Gasteiger partial charge in [0.25, 0.3) is 0 Å². The summed E-state index contributed by atoms with van der Waals surface area (Å²) in [7, 11) is 0. The predicted octanol–water partition coefficient (Wildman–Crippen LogP) is 4.70. The molecule has 3 nitrogen and oxygen atoms in total. The number of rotatable bonds is 3. The van der Waals surface area contributed by atoms with Gasteiger partial charge in [-0.3, -0.25) is 4.79 Å². The van der Waals surface area contributed by atoms with Crippen LogP contribution >= 0.6 is 11.8 Å². The maximum Gasteiger partial charge on any atom is 0.416 e. The minimum atomic E-state index is -4.39. The zero-order chi connectivity index (χ0) is 18.9. The van der Waals surface area contributed by atoms with E-state index >= 15 is 0 Å². The molecule has 1 unspecified atom stereocenters. The second-order valence-corrected chi connectivity index (χ2v) is 7.54. The van der Waals surface area contributed by atoms with Crippen molar-refractivity contribution in [1.82, 2.24) is 5.32 Å². The fraction of sp³-hybridized carbons (Fsp3) is 0.222. The fourth-order valence-electron chi connectivity index (χ4n) is 2.52. The molecule has 1 fully saturated rings. The molecule has 1 aliphatic rings. The molecule has 8 heteroatoms. The van der Waals surface area contributed by atoms with E-state index in [1.54, 1.807) is 6.92 Å². The number of thioether (sulfide) groups is 1. The van der Waals surface area contributed by atoms with E-state index in [0.29, 0.717) is 16.4 Å². The lowest BCUT2D eigenvalue weighted by atomic mass is 9.98. The first kappa shape index (κ1) is 18.4. The molecular formula is C18H14F4N2OS. The molecule has 0 bridgehead atoms. The van der Waals surface area contributed by atoms with Gasteiger partial charge in [-0.05, 0) is 55.3 Å². The molecule has 0 radical (unpaired) electrons. The van der Waals surface area contributed by atoms with Gasteiger partial charge < -0.3 is 5.32 Å². The van der Waals surface area contributed by atoms with Crippen molar-refractivity contribution in [2.24, 2.45) is 4.99 Å². The number of benzene rings is 2. The molecule has 2 aromatic rings. The Morgan fingerprint density at radius 1 is 1.08 bits per heavy atom. The second kappa shape index (κ2) is 6.75. The van der Waals surface area contributed by atoms with Crippen LogP contribution in [0.4, 0.5) is 23.2 Å². The summed E-state index contributed by atoms with van der Waals surface area (Å²) in [5.74, 6) is -0.660. The third-order valence-corrected chi connectivity index (χ3v) is 5.07. The Morgan fingerprint density at radius 2 is 1.69 bits per heavy atom. The van der Waals surface area contributed by atoms with Crippen LogP contribution in [-0.4, -0.2) is 15.8 Å². The number of carbonyl (C=O) groups excluding carboxylic acids is 1. The second-order valence-electron chi connectivity index (χ2n) is 6.05. The van der Waals surface area contributed by atoms with Crippen LogP contribution in [0.25, 0.3) is 0 Å². The van der Waals surface area contributed by atoms with E-state index in [2.05, 4.69) is 10.3 Å². The number of amidine groups is 1. The van der Waals surface area contributed by atoms with Gasteiger partial charge in [-0.15, -0.1) is 0 Å². The van der Waals surface area contributed by atoms with E-state index < -0.39 is 16.5 Å². The van der Waals surface area contributed by atoms with Gasteiger partial charge in [0, 0.05) is 0 Å². The van der Waals surface area contributed by atoms with E-state index in [9.17, 15) is 22.4 Å². The minimum absolute atomic E-state index is 0.254. The maximum absolute atomic E-state index is 12.9. The summed E-state index contributed by atoms with van der Waals surface area (Å²) in [4.78, 5) is 16.6. The zero-order valence-electron chi connectivity index (χ0n) is 13.6. The van der Waals surface area contributed by atoms with Crippen molar-refractivity contribution >= 4 is 28.5 Å². The Bertz CT molecular complexity index is 847. The van der Waals surface area contributed by atoms with Gasteiger partial charge in [-0.2, -0.15) is 13.2 Å². The summed E-state index contributed by atoms with van der Waals surface area (Å²) >= 11 is 1.20. The summed E-state index contributed by atoms with van der Waals surface area (Å²) in [6, 6.07) is 10.3. The minimum Gasteiger partial charge on any atom is -0.304 e. The lowest BCUT2D eigenvalue weighted by molar-refractivity contribution is -0.137. The van der Waals surface area contributed by atoms with Crippen LogP contribution in [0, 0.1) is 5.82 Å². The monoisotopic (exact) mass is 382 g/mol. The highest BCUT2D eigenvalue weighted by Gasteiger charge is 2.42. The van der Waals surface area contributed by atoms with Crippen LogP contribution in [0.3, 0.4) is 0 Å². The van der Waals surface area contributed by atoms with E-state index in [0.717, 1.165) is 12.1 Å². The van der Waals surface area contributed by atoms with E-state index in [1.165, 1.54) is 48.2 Å². The van der Waals surface area contributed by atoms with Crippen LogP contribution in [0.1, 0.15) is 18.1 Å². The number of hydrogen-bond donors (Lipinski definition) is 1. The molecule has 2 aromatic carbocycles. The summed E-state index contributed by atoms with van der Waals surface area (Å²) in [6.45, 7) is 1.71. The molecule has 1 saturated heterocycles. The molecule has 136 valence electrons. The van der Waals surface area contributed by atoms with Gasteiger partial charge >= 0.3 is 6.18 Å². The van der Waals surface area contributed by atoms with Gasteiger partial charge in [0.2, 0.25) is 5.91 Å². The van der Waals surface area contributed by atoms with E-state index in [4.69, 9.17) is 0 Å². The Hall–Kier alpha value is -2.35. The molecule has 0 aliphatic carbocycles. The van der Waals surface area contributed by atoms with Gasteiger partial charge in [0.1, 0.15) is 10.6 Å². The highest BCUT2D eigenvalue weighted by Crippen LogP contribution is 2.36. The molecule has 3 rings (SSSR count). The van der Waals surface area contributed by atoms with Crippen molar-refractivity contribution in [2.45, 2.75) is 24.3 Å². The number of alkyl halides is 3. The SMILES string of the molecule is CC1(Cc2ccc(C(F)(F)F)cc2)SC(=Nc2ccc(F)cc2)NC1=O. The normalized spacial score (nSPS) is 21.9. The Morgan fingerprint density at radius 3 is 2.27 bits per heavy atom. The maximum atomic E-state index is 12.9. The summed E-state index contributed by atoms with van der Waals surface area (Å²) in [5.41, 5.74) is 0.382. The quantitative estimate of drug-likeness (QED) is 0.782. The summed E-state index contributed by atoms with van der Waals surface area (Å²) in [6.07, 6.45) is -4.14. The molecule has 1 N–H and O–H groups in total. The van der Waals surface area contributed by atoms with Crippen LogP contribution in [0.2, 0.25) is 0 Å². The zero-order valence-corrected chi connectivity index (χ0v) is 14.4. The first-order valence-electron chi connectivity index (χ1n) is 7.67. The molecule has 0 aromatic heterocycles. The van der Waals surface area contributed by atoms with Crippen molar-refractivity contribution in [3.8, 4) is 0 Å². The topological polar surface area (TPSA) is 41.5 Å². The number of halogens is 4. The lowest BCUT2D eigenvalue weighted by Crippen LogP contribution is -2.35. The van der Waals surface area contributed by atoms with Crippen molar-refractivity contribution in [2.75, 3.05) is 0 Å². The third-order valence-electron chi connectivity index (χ3n) is 3.90. The number of aliphatic imine (C=N–C) groups is 1. The number of nitrogens with zero attached hydrogens (tertiary/aromatic N) is 1. The molecular weight excluding hydrogens is 368 g/mol. The van der Waals surface area contributed by atoms with Crippen LogP contribution in [0.15, 0.2) is 53.5 Å². The lowest BCUT2D eigenvalue weighted by Gasteiger charge is -2.19. The van der Waals surface area contributed by atoms with Crippen molar-refractivity contribution in [1.29, 1.82) is 0 Å². The number of amides is 1. The van der Waals surface area contributed by atoms with Crippen molar-refractivity contribution in [3.63, 3.8) is 0 Å². The number of carbonyl (C=O) groups is 1. The number of nitrogens with one attached hydrogen (secondary N) is 1. The van der Waals surface area contributed by atoms with E-state index in [1.807, 2.05) is 0 Å². The predicted molar refractivity (Wildman–Crippen MR) is 92.8 cm³/mol. The highest BCUT2D eigenvalue weighted by molar-refractivity contribution is 8.16. The molecule has 0 saturated carbocycles. The van der Waals surface area contributed by atoms with Crippen LogP contribution < -0.4 is 5.32 Å². The molecule has 1 heterocycles. The van der Waals surface area contributed by atoms with Crippen molar-refractivity contribution < 1.29 is 22.4 Å². The highest BCUT2D eigenvalue weighted by atomic mass is 32.2. The molecule has 0 spiro atoms. The van der Waals surface area contributed by atoms with Crippen LogP contribution in [-0.2, 0) is 17.4 Å². The van der Waals surface area contributed by atoms with E-state index in [-0.39, 0.29) is 18.1 Å². The standard InChI is InChI=1S/C18H14F4N2OS/c1-17(10-11-2-4-12(5-3-11)18(20,21)22)15(25)24-16(26-17)23-14-8-6-13(19)7-9-14/h2-9H,10H2,1H3,(H,23,24,25). The molecule has 1 atom stereocenters. The summed E-state index contributed by atoms with van der Waals surface area (Å²) in [5, 5.41) is 3.04. The van der Waals surface area contributed by atoms with Gasteiger partial charge in [0.05, 0.1) is 11.3 Å². The Kier molecular flexibility index (Phi) is 4.79. The van der Waals surface area contributed by atoms with Gasteiger partial charge in [-0.25, -0.2) is 9.38 Å². The van der Waals surface area contributed by atoms with Gasteiger partial charge in [-0.1, -0.05) is 23.9 Å². The Balaban J connectivity index is 1.75. The van der Waals surface area contributed by atoms with Crippen LogP contribution in [0.5, 0.6) is 0 Å². The van der Waals surface area contributed by atoms with Gasteiger partial charge in [0.15, 0.2) is 5.17 Å². The first-order chi connectivity index (χ1) is 12.2. The first-order valence-corrected chi connectivity index (χ1v) is 8.48. The van der Waals surface area contributed by atoms with Crippen molar-refractivity contribution in [3.05, 3.63) is 65.5 Å². The molecule has 26 heavy (non-hydrogen) atoms. The summed E-state index contributed by atoms with van der Waals surface area (Å²) < 4.78 is 50.0. The largest absolute Gasteiger partial charge is 0.416 e. The Labute approximate surface area is 151 Å². The number of hydrogen-bond acceptors (Lipinski definition) is 3. The average molecular weight is 382 g/mol. The smallest absolute Gasteiger partial charge is 0.304 e.